The van der Waals surface area contributed by atoms with Gasteiger partial charge in [-0.05, 0) is 55.0 Å². The van der Waals surface area contributed by atoms with Crippen molar-refractivity contribution in [1.82, 2.24) is 10.2 Å². The first-order chi connectivity index (χ1) is 15.6. The summed E-state index contributed by atoms with van der Waals surface area (Å²) in [5, 5.41) is 11.1. The van der Waals surface area contributed by atoms with Gasteiger partial charge >= 0.3 is 5.97 Å². The zero-order chi connectivity index (χ0) is 22.3. The van der Waals surface area contributed by atoms with Gasteiger partial charge in [-0.3, -0.25) is 4.79 Å². The van der Waals surface area contributed by atoms with Crippen molar-refractivity contribution in [2.24, 2.45) is 5.92 Å². The average Bonchev–Trinajstić information content (AvgIpc) is 2.85. The van der Waals surface area contributed by atoms with Crippen molar-refractivity contribution < 1.29 is 14.3 Å². The number of para-hydroxylation sites is 1. The van der Waals surface area contributed by atoms with Crippen LogP contribution in [0.15, 0.2) is 66.7 Å². The van der Waals surface area contributed by atoms with Crippen molar-refractivity contribution in [1.29, 1.82) is 0 Å². The normalized spacial score (nSPS) is 14.1. The maximum Gasteiger partial charge on any atom is 0.339 e. The Labute approximate surface area is 187 Å². The average molecular weight is 431 g/mol. The number of carbonyl (C=O) groups excluding carboxylic acids is 2. The molecule has 0 bridgehead atoms. The van der Waals surface area contributed by atoms with Crippen LogP contribution in [0, 0.1) is 5.92 Å². The number of hydrogen-bond donors (Lipinski definition) is 1. The van der Waals surface area contributed by atoms with Crippen molar-refractivity contribution in [2.45, 2.75) is 19.3 Å². The van der Waals surface area contributed by atoms with Crippen LogP contribution in [0.3, 0.4) is 0 Å². The topological polar surface area (TPSA) is 84.4 Å². The molecule has 0 radical (unpaired) electrons. The lowest BCUT2D eigenvalue weighted by atomic mass is 9.90. The smallest absolute Gasteiger partial charge is 0.339 e. The number of nitrogens with one attached hydrogen (secondary N) is 1. The molecule has 0 atom stereocenters. The molecule has 1 N–H and O–H groups in total. The minimum atomic E-state index is -0.516. The molecule has 1 aliphatic heterocycles. The molecule has 4 rings (SSSR count). The Hall–Kier alpha value is -3.74. The van der Waals surface area contributed by atoms with Gasteiger partial charge in [-0.1, -0.05) is 42.5 Å². The van der Waals surface area contributed by atoms with Gasteiger partial charge in [0.15, 0.2) is 11.5 Å². The molecule has 0 aliphatic carbocycles. The maximum atomic E-state index is 12.6. The number of esters is 1. The molecule has 1 aliphatic rings. The highest BCUT2D eigenvalue weighted by Crippen LogP contribution is 2.24. The van der Waals surface area contributed by atoms with E-state index in [2.05, 4.69) is 44.7 Å². The molecule has 32 heavy (non-hydrogen) atoms. The molecule has 3 aromatic rings. The zero-order valence-electron chi connectivity index (χ0n) is 18.0. The maximum absolute atomic E-state index is 12.6. The summed E-state index contributed by atoms with van der Waals surface area (Å²) in [6.07, 6.45) is 3.30. The Kier molecular flexibility index (Phi) is 6.75. The zero-order valence-corrected chi connectivity index (χ0v) is 18.0. The van der Waals surface area contributed by atoms with Crippen LogP contribution in [0.1, 0.15) is 39.3 Å². The van der Waals surface area contributed by atoms with Gasteiger partial charge < -0.3 is 15.0 Å². The summed E-state index contributed by atoms with van der Waals surface area (Å²) in [4.78, 5) is 26.7. The number of rotatable bonds is 6. The molecule has 0 spiro atoms. The molecule has 2 heterocycles. The third-order valence-electron chi connectivity index (χ3n) is 5.77. The minimum absolute atomic E-state index is 0.187. The Morgan fingerprint density at radius 1 is 0.969 bits per heavy atom. The summed E-state index contributed by atoms with van der Waals surface area (Å²) in [7, 11) is 1.30. The first-order valence-corrected chi connectivity index (χ1v) is 10.8. The van der Waals surface area contributed by atoms with E-state index in [0.717, 1.165) is 38.2 Å². The van der Waals surface area contributed by atoms with Crippen LogP contribution < -0.4 is 10.2 Å². The van der Waals surface area contributed by atoms with Crippen molar-refractivity contribution in [3.05, 3.63) is 83.6 Å². The highest BCUT2D eigenvalue weighted by molar-refractivity contribution is 6.07. The van der Waals surface area contributed by atoms with Gasteiger partial charge in [-0.2, -0.15) is 0 Å². The number of ether oxygens (including phenoxy) is 1. The predicted octanol–water partition coefficient (Wildman–Crippen LogP) is 3.97. The number of carbonyl (C=O) groups is 2. The van der Waals surface area contributed by atoms with Crippen LogP contribution >= 0.6 is 0 Å². The number of hydrogen-bond acceptors (Lipinski definition) is 6. The van der Waals surface area contributed by atoms with Crippen LogP contribution in [-0.2, 0) is 11.2 Å². The van der Waals surface area contributed by atoms with Crippen LogP contribution in [0.4, 0.5) is 11.5 Å². The summed E-state index contributed by atoms with van der Waals surface area (Å²) in [5.74, 6) is 0.496. The van der Waals surface area contributed by atoms with Crippen molar-refractivity contribution in [3.8, 4) is 0 Å². The second kappa shape index (κ2) is 10.0. The Balaban J connectivity index is 1.35. The van der Waals surface area contributed by atoms with Crippen LogP contribution in [-0.4, -0.2) is 42.3 Å². The summed E-state index contributed by atoms with van der Waals surface area (Å²) in [6, 6.07) is 20.8. The largest absolute Gasteiger partial charge is 0.465 e. The molecule has 1 saturated heterocycles. The van der Waals surface area contributed by atoms with E-state index in [1.54, 1.807) is 30.3 Å². The summed E-state index contributed by atoms with van der Waals surface area (Å²) in [5.41, 5.74) is 2.23. The van der Waals surface area contributed by atoms with E-state index in [9.17, 15) is 9.59 Å². The van der Waals surface area contributed by atoms with Gasteiger partial charge in [0.2, 0.25) is 0 Å². The molecule has 0 unspecified atom stereocenters. The fourth-order valence-corrected chi connectivity index (χ4v) is 4.00. The lowest BCUT2D eigenvalue weighted by Gasteiger charge is -2.32. The van der Waals surface area contributed by atoms with Crippen molar-refractivity contribution in [2.75, 3.05) is 30.4 Å². The van der Waals surface area contributed by atoms with E-state index in [0.29, 0.717) is 11.6 Å². The Morgan fingerprint density at radius 2 is 1.69 bits per heavy atom. The van der Waals surface area contributed by atoms with Gasteiger partial charge in [0, 0.05) is 13.1 Å². The van der Waals surface area contributed by atoms with E-state index < -0.39 is 11.9 Å². The number of amides is 1. The second-order valence-corrected chi connectivity index (χ2v) is 7.89. The van der Waals surface area contributed by atoms with Crippen molar-refractivity contribution >= 4 is 23.4 Å². The standard InChI is InChI=1S/C25H26N4O3/c1-32-25(31)20-9-5-6-10-21(20)26-24(30)22-11-12-23(28-27-22)29-15-13-19(14-16-29)17-18-7-3-2-4-8-18/h2-12,19H,13-17H2,1H3,(H,26,30). The first-order valence-electron chi connectivity index (χ1n) is 10.8. The van der Waals surface area contributed by atoms with E-state index in [1.807, 2.05) is 12.1 Å². The van der Waals surface area contributed by atoms with E-state index in [1.165, 1.54) is 12.7 Å². The van der Waals surface area contributed by atoms with Crippen LogP contribution in [0.25, 0.3) is 0 Å². The van der Waals surface area contributed by atoms with Gasteiger partial charge in [0.05, 0.1) is 18.4 Å². The molecule has 7 heteroatoms. The van der Waals surface area contributed by atoms with Gasteiger partial charge in [-0.15, -0.1) is 10.2 Å². The van der Waals surface area contributed by atoms with Crippen LogP contribution in [0.2, 0.25) is 0 Å². The number of nitrogens with zero attached hydrogens (tertiary/aromatic N) is 3. The van der Waals surface area contributed by atoms with E-state index >= 15 is 0 Å². The lowest BCUT2D eigenvalue weighted by molar-refractivity contribution is 0.0602. The highest BCUT2D eigenvalue weighted by atomic mass is 16.5. The van der Waals surface area contributed by atoms with Crippen molar-refractivity contribution in [3.63, 3.8) is 0 Å². The molecule has 2 aromatic carbocycles. The predicted molar refractivity (Wildman–Crippen MR) is 123 cm³/mol. The summed E-state index contributed by atoms with van der Waals surface area (Å²) < 4.78 is 4.76. The number of aromatic nitrogens is 2. The number of anilines is 2. The van der Waals surface area contributed by atoms with Gasteiger partial charge in [-0.25, -0.2) is 4.79 Å². The fourth-order valence-electron chi connectivity index (χ4n) is 4.00. The SMILES string of the molecule is COC(=O)c1ccccc1NC(=O)c1ccc(N2CCC(Cc3ccccc3)CC2)nn1. The molecule has 7 nitrogen and oxygen atoms in total. The summed E-state index contributed by atoms with van der Waals surface area (Å²) in [6.45, 7) is 1.84. The minimum Gasteiger partial charge on any atom is -0.465 e. The highest BCUT2D eigenvalue weighted by Gasteiger charge is 2.21. The van der Waals surface area contributed by atoms with Gasteiger partial charge in [0.25, 0.3) is 5.91 Å². The van der Waals surface area contributed by atoms with Gasteiger partial charge in [0.1, 0.15) is 0 Å². The third kappa shape index (κ3) is 5.11. The monoisotopic (exact) mass is 430 g/mol. The fraction of sp³-hybridized carbons (Fsp3) is 0.280. The Bertz CT molecular complexity index is 1060. The molecule has 1 aromatic heterocycles. The number of benzene rings is 2. The lowest BCUT2D eigenvalue weighted by Crippen LogP contribution is -2.35. The van der Waals surface area contributed by atoms with E-state index in [-0.39, 0.29) is 11.3 Å². The number of methoxy groups -OCH3 is 1. The molecule has 1 amide bonds. The Morgan fingerprint density at radius 3 is 2.38 bits per heavy atom. The first kappa shape index (κ1) is 21.5. The third-order valence-corrected chi connectivity index (χ3v) is 5.77. The molecule has 1 fully saturated rings. The second-order valence-electron chi connectivity index (χ2n) is 7.89. The quantitative estimate of drug-likeness (QED) is 0.596. The van der Waals surface area contributed by atoms with E-state index in [4.69, 9.17) is 4.74 Å². The molecule has 0 saturated carbocycles. The molecule has 164 valence electrons. The molecular weight excluding hydrogens is 404 g/mol. The summed E-state index contributed by atoms with van der Waals surface area (Å²) >= 11 is 0. The number of piperidine rings is 1. The molecular formula is C25H26N4O3. The van der Waals surface area contributed by atoms with Crippen LogP contribution in [0.5, 0.6) is 0 Å².